The van der Waals surface area contributed by atoms with Crippen molar-refractivity contribution >= 4 is 17.3 Å². The number of carbonyl (C=O) groups is 1. The first-order chi connectivity index (χ1) is 11.3. The van der Waals surface area contributed by atoms with Crippen LogP contribution in [0.2, 0.25) is 0 Å². The van der Waals surface area contributed by atoms with Crippen molar-refractivity contribution in [3.63, 3.8) is 0 Å². The van der Waals surface area contributed by atoms with E-state index in [0.29, 0.717) is 18.7 Å². The van der Waals surface area contributed by atoms with Crippen molar-refractivity contribution in [2.75, 3.05) is 30.3 Å². The highest BCUT2D eigenvalue weighted by Crippen LogP contribution is 2.18. The van der Waals surface area contributed by atoms with E-state index in [1.165, 1.54) is 0 Å². The number of ether oxygens (including phenoxy) is 1. The lowest BCUT2D eigenvalue weighted by Crippen LogP contribution is -2.29. The summed E-state index contributed by atoms with van der Waals surface area (Å²) in [5.74, 6) is -0.358. The summed E-state index contributed by atoms with van der Waals surface area (Å²) < 4.78 is 5.21. The molecule has 0 unspecified atom stereocenters. The van der Waals surface area contributed by atoms with Crippen molar-refractivity contribution in [1.82, 2.24) is 0 Å². The van der Waals surface area contributed by atoms with Crippen molar-refractivity contribution in [3.8, 4) is 0 Å². The van der Waals surface area contributed by atoms with E-state index in [1.54, 1.807) is 6.92 Å². The third kappa shape index (κ3) is 6.73. The zero-order valence-corrected chi connectivity index (χ0v) is 14.8. The molecule has 0 saturated carbocycles. The Labute approximate surface area is 145 Å². The molecule has 0 aliphatic rings. The highest BCUT2D eigenvalue weighted by atomic mass is 16.5. The lowest BCUT2D eigenvalue weighted by Gasteiger charge is -2.25. The highest BCUT2D eigenvalue weighted by molar-refractivity contribution is 5.86. The number of hydrogen-bond acceptors (Lipinski definition) is 4. The number of allylic oxidation sites excluding steroid dienone is 2. The first-order valence-electron chi connectivity index (χ1n) is 8.08. The van der Waals surface area contributed by atoms with Crippen LogP contribution in [0.25, 0.3) is 0 Å². The van der Waals surface area contributed by atoms with Gasteiger partial charge >= 0.3 is 5.97 Å². The van der Waals surface area contributed by atoms with Gasteiger partial charge in [-0.05, 0) is 51.0 Å². The average Bonchev–Trinajstić information content (AvgIpc) is 2.53. The minimum atomic E-state index is -0.358. The van der Waals surface area contributed by atoms with Gasteiger partial charge in [0, 0.05) is 23.5 Å². The molecule has 130 valence electrons. The van der Waals surface area contributed by atoms with Gasteiger partial charge in [0.2, 0.25) is 0 Å². The third-order valence-corrected chi connectivity index (χ3v) is 3.71. The Hall–Kier alpha value is -2.49. The predicted octanol–water partition coefficient (Wildman–Crippen LogP) is 4.11. The highest BCUT2D eigenvalue weighted by Gasteiger charge is 2.09. The van der Waals surface area contributed by atoms with Gasteiger partial charge in [-0.15, -0.1) is 0 Å². The van der Waals surface area contributed by atoms with Crippen molar-refractivity contribution < 1.29 is 9.53 Å². The minimum absolute atomic E-state index is 0.317. The quantitative estimate of drug-likeness (QED) is 0.304. The van der Waals surface area contributed by atoms with Crippen LogP contribution < -0.4 is 10.6 Å². The van der Waals surface area contributed by atoms with E-state index in [2.05, 4.69) is 24.6 Å². The minimum Gasteiger partial charge on any atom is -0.460 e. The Morgan fingerprint density at radius 2 is 1.71 bits per heavy atom. The summed E-state index contributed by atoms with van der Waals surface area (Å²) in [6.07, 6.45) is 1.84. The Morgan fingerprint density at radius 1 is 1.08 bits per heavy atom. The Morgan fingerprint density at radius 3 is 2.25 bits per heavy atom. The van der Waals surface area contributed by atoms with Gasteiger partial charge < -0.3 is 15.4 Å². The van der Waals surface area contributed by atoms with Gasteiger partial charge in [0.05, 0.1) is 6.54 Å². The molecule has 4 heteroatoms. The second kappa shape index (κ2) is 9.60. The van der Waals surface area contributed by atoms with Crippen molar-refractivity contribution in [2.24, 2.45) is 0 Å². The summed E-state index contributed by atoms with van der Waals surface area (Å²) >= 11 is 0. The first-order valence-corrected chi connectivity index (χ1v) is 8.08. The zero-order valence-electron chi connectivity index (χ0n) is 14.8. The third-order valence-electron chi connectivity index (χ3n) is 3.71. The Bertz CT molecular complexity index is 571. The first kappa shape index (κ1) is 19.6. The van der Waals surface area contributed by atoms with E-state index in [0.717, 1.165) is 41.9 Å². The van der Waals surface area contributed by atoms with Gasteiger partial charge in [0.25, 0.3) is 0 Å². The zero-order chi connectivity index (χ0) is 18.1. The van der Waals surface area contributed by atoms with Crippen LogP contribution in [0.3, 0.4) is 0 Å². The molecule has 0 aliphatic carbocycles. The fourth-order valence-electron chi connectivity index (χ4n) is 2.12. The molecule has 24 heavy (non-hydrogen) atoms. The maximum absolute atomic E-state index is 11.5. The molecular formula is C20H28N2O2. The van der Waals surface area contributed by atoms with Crippen LogP contribution in [-0.2, 0) is 9.53 Å². The predicted molar refractivity (Wildman–Crippen MR) is 102 cm³/mol. The smallest absolute Gasteiger partial charge is 0.333 e. The van der Waals surface area contributed by atoms with E-state index >= 15 is 0 Å². The monoisotopic (exact) mass is 328 g/mol. The molecule has 4 nitrogen and oxygen atoms in total. The lowest BCUT2D eigenvalue weighted by atomic mass is 10.1. The number of benzene rings is 1. The summed E-state index contributed by atoms with van der Waals surface area (Å²) in [7, 11) is 0. The molecule has 0 bridgehead atoms. The molecule has 0 amide bonds. The maximum Gasteiger partial charge on any atom is 0.333 e. The second-order valence-electron chi connectivity index (χ2n) is 5.98. The van der Waals surface area contributed by atoms with Gasteiger partial charge in [-0.2, -0.15) is 0 Å². The van der Waals surface area contributed by atoms with Crippen molar-refractivity contribution in [1.29, 1.82) is 0 Å². The van der Waals surface area contributed by atoms with E-state index in [1.807, 2.05) is 31.2 Å². The van der Waals surface area contributed by atoms with Crippen molar-refractivity contribution in [3.05, 3.63) is 60.7 Å². The van der Waals surface area contributed by atoms with Crippen LogP contribution in [0, 0.1) is 0 Å². The van der Waals surface area contributed by atoms with E-state index in [4.69, 9.17) is 10.5 Å². The van der Waals surface area contributed by atoms with Crippen LogP contribution in [0.1, 0.15) is 26.7 Å². The van der Waals surface area contributed by atoms with Gasteiger partial charge in [-0.3, -0.25) is 0 Å². The number of esters is 1. The SMILES string of the molecule is C=C(C)C(=C)CCCN(CCOC(=O)C(=C)C)c1ccc(N)cc1. The van der Waals surface area contributed by atoms with Crippen molar-refractivity contribution in [2.45, 2.75) is 26.7 Å². The molecule has 1 rings (SSSR count). The van der Waals surface area contributed by atoms with Crippen LogP contribution in [-0.4, -0.2) is 25.7 Å². The number of nitrogens with zero attached hydrogens (tertiary/aromatic N) is 1. The Balaban J connectivity index is 2.63. The van der Waals surface area contributed by atoms with Gasteiger partial charge in [-0.25, -0.2) is 4.79 Å². The van der Waals surface area contributed by atoms with Crippen LogP contribution in [0.15, 0.2) is 60.7 Å². The lowest BCUT2D eigenvalue weighted by molar-refractivity contribution is -0.138. The molecule has 0 aliphatic heterocycles. The fraction of sp³-hybridized carbons (Fsp3) is 0.350. The molecule has 0 aromatic heterocycles. The molecule has 1 aromatic rings. The summed E-state index contributed by atoms with van der Waals surface area (Å²) in [6.45, 7) is 16.9. The Kier molecular flexibility index (Phi) is 7.83. The molecule has 0 atom stereocenters. The fourth-order valence-corrected chi connectivity index (χ4v) is 2.12. The number of rotatable bonds is 10. The summed E-state index contributed by atoms with van der Waals surface area (Å²) in [6, 6.07) is 7.69. The standard InChI is InChI=1S/C20H28N2O2/c1-15(2)17(5)7-6-12-22(13-14-24-20(23)16(3)4)19-10-8-18(21)9-11-19/h8-11H,1,3,5-7,12-14,21H2,2,4H3. The van der Waals surface area contributed by atoms with E-state index in [9.17, 15) is 4.79 Å². The van der Waals surface area contributed by atoms with E-state index in [-0.39, 0.29) is 5.97 Å². The molecule has 1 aromatic carbocycles. The number of carbonyl (C=O) groups excluding carboxylic acids is 1. The molecule has 0 fully saturated rings. The van der Waals surface area contributed by atoms with E-state index < -0.39 is 0 Å². The number of anilines is 2. The molecule has 0 saturated heterocycles. The molecule has 0 spiro atoms. The summed E-state index contributed by atoms with van der Waals surface area (Å²) in [4.78, 5) is 13.7. The van der Waals surface area contributed by atoms with Crippen LogP contribution >= 0.6 is 0 Å². The van der Waals surface area contributed by atoms with Gasteiger partial charge in [-0.1, -0.05) is 30.9 Å². The second-order valence-corrected chi connectivity index (χ2v) is 5.98. The van der Waals surface area contributed by atoms with Crippen LogP contribution in [0.4, 0.5) is 11.4 Å². The van der Waals surface area contributed by atoms with Crippen LogP contribution in [0.5, 0.6) is 0 Å². The number of hydrogen-bond donors (Lipinski definition) is 1. The molecule has 0 heterocycles. The molecule has 0 radical (unpaired) electrons. The average molecular weight is 328 g/mol. The largest absolute Gasteiger partial charge is 0.460 e. The van der Waals surface area contributed by atoms with Gasteiger partial charge in [0.1, 0.15) is 6.61 Å². The number of nitrogen functional groups attached to an aromatic ring is 1. The molecular weight excluding hydrogens is 300 g/mol. The normalized spacial score (nSPS) is 10.1. The summed E-state index contributed by atoms with van der Waals surface area (Å²) in [5, 5.41) is 0. The topological polar surface area (TPSA) is 55.6 Å². The number of nitrogens with two attached hydrogens (primary N) is 1. The maximum atomic E-state index is 11.5. The van der Waals surface area contributed by atoms with Gasteiger partial charge in [0.15, 0.2) is 0 Å². The molecule has 2 N–H and O–H groups in total. The summed E-state index contributed by atoms with van der Waals surface area (Å²) in [5.41, 5.74) is 10.0.